The molecule has 0 saturated carbocycles. The van der Waals surface area contributed by atoms with Crippen LogP contribution in [0.4, 0.5) is 0 Å². The summed E-state index contributed by atoms with van der Waals surface area (Å²) in [6, 6.07) is 10.3. The molecule has 25 heavy (non-hydrogen) atoms. The molecule has 3 aromatic rings. The molecular formula is C16H12Cl2N2O3S2. The van der Waals surface area contributed by atoms with Gasteiger partial charge in [0.1, 0.15) is 4.21 Å². The molecule has 9 heteroatoms. The van der Waals surface area contributed by atoms with E-state index in [-0.39, 0.29) is 16.6 Å². The number of hydrogen-bond donors (Lipinski definition) is 0. The highest BCUT2D eigenvalue weighted by molar-refractivity contribution is 7.92. The molecule has 0 aliphatic carbocycles. The van der Waals surface area contributed by atoms with Crippen molar-refractivity contribution in [3.8, 4) is 10.6 Å². The molecule has 3 heterocycles. The van der Waals surface area contributed by atoms with Crippen molar-refractivity contribution < 1.29 is 13.2 Å². The highest BCUT2D eigenvalue weighted by atomic mass is 35.5. The maximum Gasteiger partial charge on any atom is 0.277 e. The number of halogens is 2. The molecule has 0 radical (unpaired) electrons. The lowest BCUT2D eigenvalue weighted by molar-refractivity contribution is -0.107. The fraction of sp³-hybridized carbons (Fsp3) is 0. The van der Waals surface area contributed by atoms with Crippen molar-refractivity contribution in [2.24, 2.45) is 0 Å². The van der Waals surface area contributed by atoms with E-state index in [1.807, 2.05) is 12.1 Å². The van der Waals surface area contributed by atoms with Gasteiger partial charge in [-0.3, -0.25) is 9.78 Å². The van der Waals surface area contributed by atoms with Gasteiger partial charge >= 0.3 is 0 Å². The number of allylic oxidation sites excluding steroid dienone is 1. The van der Waals surface area contributed by atoms with Crippen LogP contribution < -0.4 is 0 Å². The number of hydrogen-bond acceptors (Lipinski definition) is 5. The smallest absolute Gasteiger partial charge is 0.276 e. The van der Waals surface area contributed by atoms with E-state index in [1.54, 1.807) is 30.5 Å². The summed E-state index contributed by atoms with van der Waals surface area (Å²) >= 11 is 6.38. The van der Waals surface area contributed by atoms with E-state index in [0.717, 1.165) is 32.0 Å². The molecular weight excluding hydrogens is 403 g/mol. The zero-order valence-corrected chi connectivity index (χ0v) is 15.8. The third kappa shape index (κ3) is 4.38. The number of carbonyl (C=O) groups excluding carboxylic acids is 1. The van der Waals surface area contributed by atoms with Crippen LogP contribution in [0.25, 0.3) is 16.6 Å². The van der Waals surface area contributed by atoms with Crippen LogP contribution in [0.3, 0.4) is 0 Å². The first-order valence-electron chi connectivity index (χ1n) is 6.79. The quantitative estimate of drug-likeness (QED) is 0.466. The van der Waals surface area contributed by atoms with E-state index in [9.17, 15) is 13.2 Å². The summed E-state index contributed by atoms with van der Waals surface area (Å²) in [6.07, 6.45) is 7.12. The van der Waals surface area contributed by atoms with Gasteiger partial charge in [-0.2, -0.15) is 8.42 Å². The Balaban J connectivity index is 0.00000225. The molecule has 5 nitrogen and oxygen atoms in total. The average Bonchev–Trinajstić information content (AvgIpc) is 3.24. The number of nitrogens with zero attached hydrogens (tertiary/aromatic N) is 2. The Hall–Kier alpha value is -1.93. The van der Waals surface area contributed by atoms with Crippen LogP contribution in [0.15, 0.2) is 65.3 Å². The van der Waals surface area contributed by atoms with Crippen LogP contribution in [0.5, 0.6) is 0 Å². The number of aromatic nitrogens is 2. The summed E-state index contributed by atoms with van der Waals surface area (Å²) in [5.74, 6) is 0. The first-order chi connectivity index (χ1) is 11.5. The Morgan fingerprint density at radius 3 is 2.68 bits per heavy atom. The third-order valence-electron chi connectivity index (χ3n) is 3.13. The monoisotopic (exact) mass is 414 g/mol. The lowest BCUT2D eigenvalue weighted by atomic mass is 10.3. The van der Waals surface area contributed by atoms with Gasteiger partial charge in [-0.15, -0.1) is 23.7 Å². The summed E-state index contributed by atoms with van der Waals surface area (Å²) < 4.78 is 26.7. The van der Waals surface area contributed by atoms with Gasteiger partial charge in [0.25, 0.3) is 10.0 Å². The number of thiophene rings is 1. The first kappa shape index (κ1) is 19.4. The van der Waals surface area contributed by atoms with Gasteiger partial charge in [-0.1, -0.05) is 6.07 Å². The van der Waals surface area contributed by atoms with Crippen molar-refractivity contribution in [2.45, 2.75) is 4.21 Å². The fourth-order valence-electron chi connectivity index (χ4n) is 2.01. The second-order valence-electron chi connectivity index (χ2n) is 4.75. The van der Waals surface area contributed by atoms with Gasteiger partial charge in [-0.25, -0.2) is 3.97 Å². The summed E-state index contributed by atoms with van der Waals surface area (Å²) in [4.78, 5) is 15.7. The van der Waals surface area contributed by atoms with Crippen LogP contribution in [-0.2, 0) is 14.8 Å². The van der Waals surface area contributed by atoms with Crippen molar-refractivity contribution in [2.75, 3.05) is 0 Å². The Bertz CT molecular complexity index is 1010. The van der Waals surface area contributed by atoms with E-state index in [2.05, 4.69) is 4.98 Å². The van der Waals surface area contributed by atoms with Crippen molar-refractivity contribution >= 4 is 56.7 Å². The van der Waals surface area contributed by atoms with Gasteiger partial charge in [-0.05, 0) is 59.6 Å². The zero-order valence-electron chi connectivity index (χ0n) is 12.6. The van der Waals surface area contributed by atoms with Crippen LogP contribution >= 0.6 is 35.3 Å². The molecule has 0 fully saturated rings. The van der Waals surface area contributed by atoms with Gasteiger partial charge in [0.2, 0.25) is 5.24 Å². The summed E-state index contributed by atoms with van der Waals surface area (Å²) in [5, 5.41) is -0.621. The van der Waals surface area contributed by atoms with Gasteiger partial charge in [0, 0.05) is 18.6 Å². The topological polar surface area (TPSA) is 69.0 Å². The molecule has 0 N–H and O–H groups in total. The van der Waals surface area contributed by atoms with E-state index >= 15 is 0 Å². The predicted octanol–water partition coefficient (Wildman–Crippen LogP) is 4.05. The van der Waals surface area contributed by atoms with Crippen molar-refractivity contribution in [1.82, 2.24) is 8.96 Å². The predicted molar refractivity (Wildman–Crippen MR) is 102 cm³/mol. The second kappa shape index (κ2) is 7.97. The molecule has 0 unspecified atom stereocenters. The van der Waals surface area contributed by atoms with Crippen molar-refractivity contribution in [3.63, 3.8) is 0 Å². The van der Waals surface area contributed by atoms with E-state index in [0.29, 0.717) is 5.56 Å². The Labute approximate surface area is 160 Å². The minimum absolute atomic E-state index is 0. The molecule has 130 valence electrons. The highest BCUT2D eigenvalue weighted by Crippen LogP contribution is 2.30. The van der Waals surface area contributed by atoms with Gasteiger partial charge in [0.05, 0.1) is 10.6 Å². The van der Waals surface area contributed by atoms with E-state index < -0.39 is 15.3 Å². The fourth-order valence-corrected chi connectivity index (χ4v) is 4.67. The molecule has 0 aromatic carbocycles. The standard InChI is InChI=1S/C16H11ClN2O3S2.ClH/c17-15(20)6-4-12-8-10-19(11-12)24(21,22)16-7-5-14(23-16)13-3-1-2-9-18-13;/h1-11H;1H. The molecule has 3 rings (SSSR count). The number of pyridine rings is 1. The minimum Gasteiger partial charge on any atom is -0.276 e. The molecule has 3 aromatic heterocycles. The van der Waals surface area contributed by atoms with Crippen LogP contribution in [0, 0.1) is 0 Å². The van der Waals surface area contributed by atoms with Crippen LogP contribution in [0.1, 0.15) is 5.56 Å². The van der Waals surface area contributed by atoms with Crippen LogP contribution in [-0.4, -0.2) is 22.6 Å². The average molecular weight is 415 g/mol. The molecule has 0 spiro atoms. The largest absolute Gasteiger partial charge is 0.277 e. The van der Waals surface area contributed by atoms with Gasteiger partial charge in [0.15, 0.2) is 0 Å². The molecule has 0 atom stereocenters. The first-order valence-corrected chi connectivity index (χ1v) is 9.42. The van der Waals surface area contributed by atoms with Crippen molar-refractivity contribution in [3.05, 3.63) is 66.6 Å². The maximum atomic E-state index is 12.7. The molecule has 0 aliphatic rings. The van der Waals surface area contributed by atoms with Crippen molar-refractivity contribution in [1.29, 1.82) is 0 Å². The maximum absolute atomic E-state index is 12.7. The third-order valence-corrected chi connectivity index (χ3v) is 6.46. The van der Waals surface area contributed by atoms with E-state index in [4.69, 9.17) is 11.6 Å². The number of carbonyl (C=O) groups is 1. The molecule has 0 aliphatic heterocycles. The molecule has 0 amide bonds. The summed E-state index contributed by atoms with van der Waals surface area (Å²) in [5.41, 5.74) is 1.29. The Morgan fingerprint density at radius 1 is 1.20 bits per heavy atom. The molecule has 0 bridgehead atoms. The molecule has 0 saturated heterocycles. The summed E-state index contributed by atoms with van der Waals surface area (Å²) in [6.45, 7) is 0. The van der Waals surface area contributed by atoms with Crippen LogP contribution in [0.2, 0.25) is 0 Å². The lowest BCUT2D eigenvalue weighted by Gasteiger charge is -2.02. The number of rotatable bonds is 5. The minimum atomic E-state index is -3.69. The van der Waals surface area contributed by atoms with Gasteiger partial charge < -0.3 is 0 Å². The lowest BCUT2D eigenvalue weighted by Crippen LogP contribution is -2.08. The second-order valence-corrected chi connectivity index (χ2v) is 8.28. The summed E-state index contributed by atoms with van der Waals surface area (Å²) in [7, 11) is -3.69. The van der Waals surface area contributed by atoms with E-state index in [1.165, 1.54) is 18.5 Å². The Morgan fingerprint density at radius 2 is 2.00 bits per heavy atom. The Kier molecular flexibility index (Phi) is 6.18. The zero-order chi connectivity index (χ0) is 17.2. The normalized spacial score (nSPS) is 11.4. The highest BCUT2D eigenvalue weighted by Gasteiger charge is 2.19. The SMILES string of the molecule is Cl.O=C(Cl)C=Cc1ccn(S(=O)(=O)c2ccc(-c3ccccn3)s2)c1.